The zero-order valence-electron chi connectivity index (χ0n) is 11.7. The minimum absolute atomic E-state index is 0.0204. The highest BCUT2D eigenvalue weighted by molar-refractivity contribution is 7.89. The van der Waals surface area contributed by atoms with Crippen LogP contribution in [0.15, 0.2) is 23.1 Å². The van der Waals surface area contributed by atoms with Gasteiger partial charge in [-0.2, -0.15) is 4.31 Å². The average molecular weight is 332 g/mol. The molecule has 1 aliphatic heterocycles. The van der Waals surface area contributed by atoms with Crippen molar-refractivity contribution < 1.29 is 17.5 Å². The number of sulfonamides is 1. The topological polar surface area (TPSA) is 72.6 Å². The maximum atomic E-state index is 13.6. The molecule has 5 nitrogen and oxygen atoms in total. The molecular weight excluding hydrogens is 315 g/mol. The number of benzene rings is 1. The molecule has 0 bridgehead atoms. The van der Waals surface area contributed by atoms with E-state index in [0.29, 0.717) is 0 Å². The molecule has 2 rings (SSSR count). The van der Waals surface area contributed by atoms with Crippen molar-refractivity contribution in [2.24, 2.45) is 5.73 Å². The van der Waals surface area contributed by atoms with Gasteiger partial charge in [-0.3, -0.25) is 0 Å². The fourth-order valence-corrected chi connectivity index (χ4v) is 4.10. The van der Waals surface area contributed by atoms with E-state index in [4.69, 9.17) is 22.7 Å². The van der Waals surface area contributed by atoms with Crippen LogP contribution in [-0.2, 0) is 14.8 Å². The van der Waals surface area contributed by atoms with Gasteiger partial charge in [0.1, 0.15) is 10.8 Å². The molecule has 2 unspecified atom stereocenters. The van der Waals surface area contributed by atoms with Crippen LogP contribution in [-0.4, -0.2) is 43.0 Å². The number of hydrogen-bond acceptors (Lipinski definition) is 4. The minimum Gasteiger partial charge on any atom is -0.389 e. The molecule has 1 heterocycles. The first-order valence-corrected chi connectivity index (χ1v) is 8.31. The van der Waals surface area contributed by atoms with Gasteiger partial charge in [0, 0.05) is 18.7 Å². The van der Waals surface area contributed by atoms with E-state index in [1.54, 1.807) is 0 Å². The Bertz CT molecular complexity index is 653. The van der Waals surface area contributed by atoms with E-state index < -0.39 is 15.8 Å². The fraction of sp³-hybridized carbons (Fsp3) is 0.462. The number of morpholine rings is 1. The zero-order valence-corrected chi connectivity index (χ0v) is 13.4. The van der Waals surface area contributed by atoms with Crippen molar-refractivity contribution in [2.75, 3.05) is 13.1 Å². The molecule has 2 N–H and O–H groups in total. The van der Waals surface area contributed by atoms with Gasteiger partial charge in [-0.05, 0) is 32.0 Å². The molecule has 1 aliphatic rings. The van der Waals surface area contributed by atoms with Gasteiger partial charge in [0.2, 0.25) is 10.0 Å². The molecule has 1 aromatic carbocycles. The third kappa shape index (κ3) is 3.39. The molecule has 1 aromatic rings. The predicted octanol–water partition coefficient (Wildman–Crippen LogP) is 1.26. The fourth-order valence-electron chi connectivity index (χ4n) is 2.33. The lowest BCUT2D eigenvalue weighted by atomic mass is 10.2. The van der Waals surface area contributed by atoms with Gasteiger partial charge in [-0.25, -0.2) is 12.8 Å². The minimum atomic E-state index is -3.73. The molecule has 1 fully saturated rings. The molecule has 1 saturated heterocycles. The Balaban J connectivity index is 2.40. The second kappa shape index (κ2) is 5.96. The van der Waals surface area contributed by atoms with Crippen molar-refractivity contribution in [1.29, 1.82) is 0 Å². The normalized spacial score (nSPS) is 24.0. The standard InChI is InChI=1S/C13H17FN2O3S2/c1-8-6-16(7-9(2)19-8)21(17,18)10-3-4-12(14)11(5-10)13(15)20/h3-5,8-9H,6-7H2,1-2H3,(H2,15,20). The number of ether oxygens (including phenoxy) is 1. The highest BCUT2D eigenvalue weighted by Crippen LogP contribution is 2.23. The highest BCUT2D eigenvalue weighted by atomic mass is 32.2. The SMILES string of the molecule is CC1CN(S(=O)(=O)c2ccc(F)c(C(N)=S)c2)CC(C)O1. The van der Waals surface area contributed by atoms with E-state index in [9.17, 15) is 12.8 Å². The van der Waals surface area contributed by atoms with E-state index >= 15 is 0 Å². The van der Waals surface area contributed by atoms with E-state index in [-0.39, 0.29) is 40.7 Å². The Hall–Kier alpha value is -1.09. The monoisotopic (exact) mass is 332 g/mol. The van der Waals surface area contributed by atoms with Crippen LogP contribution < -0.4 is 5.73 Å². The molecule has 116 valence electrons. The average Bonchev–Trinajstić information content (AvgIpc) is 2.37. The first kappa shape index (κ1) is 16.3. The van der Waals surface area contributed by atoms with Crippen LogP contribution in [0.25, 0.3) is 0 Å². The molecule has 0 radical (unpaired) electrons. The summed E-state index contributed by atoms with van der Waals surface area (Å²) >= 11 is 4.74. The number of halogens is 1. The summed E-state index contributed by atoms with van der Waals surface area (Å²) in [5.41, 5.74) is 5.34. The Kier molecular flexibility index (Phi) is 4.62. The van der Waals surface area contributed by atoms with Crippen LogP contribution in [0.3, 0.4) is 0 Å². The summed E-state index contributed by atoms with van der Waals surface area (Å²) in [6.45, 7) is 4.13. The predicted molar refractivity (Wildman–Crippen MR) is 81.1 cm³/mol. The molecule has 0 aromatic heterocycles. The number of nitrogens with two attached hydrogens (primary N) is 1. The Morgan fingerprint density at radius 1 is 1.38 bits per heavy atom. The van der Waals surface area contributed by atoms with Gasteiger partial charge in [0.05, 0.1) is 17.1 Å². The quantitative estimate of drug-likeness (QED) is 0.844. The number of nitrogens with zero attached hydrogens (tertiary/aromatic N) is 1. The van der Waals surface area contributed by atoms with E-state index in [2.05, 4.69) is 0 Å². The van der Waals surface area contributed by atoms with E-state index in [0.717, 1.165) is 6.07 Å². The Morgan fingerprint density at radius 2 is 1.95 bits per heavy atom. The van der Waals surface area contributed by atoms with Gasteiger partial charge < -0.3 is 10.5 Å². The van der Waals surface area contributed by atoms with Crippen LogP contribution in [0.5, 0.6) is 0 Å². The van der Waals surface area contributed by atoms with Gasteiger partial charge in [-0.15, -0.1) is 0 Å². The molecule has 2 atom stereocenters. The maximum Gasteiger partial charge on any atom is 0.243 e. The first-order chi connectivity index (χ1) is 9.71. The summed E-state index contributed by atoms with van der Waals surface area (Å²) < 4.78 is 45.7. The lowest BCUT2D eigenvalue weighted by molar-refractivity contribution is -0.0440. The summed E-state index contributed by atoms with van der Waals surface area (Å²) in [6.07, 6.45) is -0.391. The van der Waals surface area contributed by atoms with Crippen molar-refractivity contribution in [3.63, 3.8) is 0 Å². The van der Waals surface area contributed by atoms with E-state index in [1.165, 1.54) is 16.4 Å². The van der Waals surface area contributed by atoms with Gasteiger partial charge in [0.25, 0.3) is 0 Å². The van der Waals surface area contributed by atoms with Gasteiger partial charge >= 0.3 is 0 Å². The lowest BCUT2D eigenvalue weighted by Gasteiger charge is -2.34. The third-order valence-electron chi connectivity index (χ3n) is 3.23. The summed E-state index contributed by atoms with van der Waals surface area (Å²) in [6, 6.07) is 3.46. The van der Waals surface area contributed by atoms with Crippen molar-refractivity contribution in [3.05, 3.63) is 29.6 Å². The van der Waals surface area contributed by atoms with Crippen LogP contribution in [0.4, 0.5) is 4.39 Å². The van der Waals surface area contributed by atoms with E-state index in [1.807, 2.05) is 13.8 Å². The number of hydrogen-bond donors (Lipinski definition) is 1. The molecule has 0 spiro atoms. The number of rotatable bonds is 3. The van der Waals surface area contributed by atoms with Crippen molar-refractivity contribution in [1.82, 2.24) is 4.31 Å². The Morgan fingerprint density at radius 3 is 2.48 bits per heavy atom. The highest BCUT2D eigenvalue weighted by Gasteiger charge is 2.32. The molecule has 8 heteroatoms. The zero-order chi connectivity index (χ0) is 15.8. The van der Waals surface area contributed by atoms with Crippen molar-refractivity contribution in [3.8, 4) is 0 Å². The van der Waals surface area contributed by atoms with Crippen LogP contribution >= 0.6 is 12.2 Å². The van der Waals surface area contributed by atoms with Crippen LogP contribution in [0.1, 0.15) is 19.4 Å². The second-order valence-electron chi connectivity index (χ2n) is 5.09. The maximum absolute atomic E-state index is 13.6. The van der Waals surface area contributed by atoms with Gasteiger partial charge in [-0.1, -0.05) is 12.2 Å². The number of thiocarbonyl (C=S) groups is 1. The molecule has 0 saturated carbocycles. The first-order valence-electron chi connectivity index (χ1n) is 6.46. The molecule has 0 amide bonds. The second-order valence-corrected chi connectivity index (χ2v) is 7.46. The van der Waals surface area contributed by atoms with Crippen LogP contribution in [0.2, 0.25) is 0 Å². The summed E-state index contributed by atoms with van der Waals surface area (Å²) in [4.78, 5) is -0.193. The van der Waals surface area contributed by atoms with Gasteiger partial charge in [0.15, 0.2) is 0 Å². The smallest absolute Gasteiger partial charge is 0.243 e. The van der Waals surface area contributed by atoms with Crippen LogP contribution in [0, 0.1) is 5.82 Å². The third-order valence-corrected chi connectivity index (χ3v) is 5.27. The molecule has 21 heavy (non-hydrogen) atoms. The summed E-state index contributed by atoms with van der Waals surface area (Å²) in [5, 5.41) is 0. The largest absolute Gasteiger partial charge is 0.389 e. The van der Waals surface area contributed by atoms with Crippen molar-refractivity contribution >= 4 is 27.2 Å². The molecule has 0 aliphatic carbocycles. The Labute approximate surface area is 128 Å². The lowest BCUT2D eigenvalue weighted by Crippen LogP contribution is -2.48. The summed E-state index contributed by atoms with van der Waals surface area (Å²) in [5.74, 6) is -0.634. The summed E-state index contributed by atoms with van der Waals surface area (Å²) in [7, 11) is -3.73. The molecular formula is C13H17FN2O3S2. The van der Waals surface area contributed by atoms with Crippen molar-refractivity contribution in [2.45, 2.75) is 31.0 Å².